The molecule has 0 fully saturated rings. The lowest BCUT2D eigenvalue weighted by Gasteiger charge is -2.15. The Kier molecular flexibility index (Phi) is 4.62. The molecule has 4 rings (SSSR count). The molecule has 1 aromatic carbocycles. The first-order valence-corrected chi connectivity index (χ1v) is 9.31. The molecular formula is C19H18N4O2S. The smallest absolute Gasteiger partial charge is 0.235 e. The van der Waals surface area contributed by atoms with E-state index >= 15 is 0 Å². The monoisotopic (exact) mass is 366 g/mol. The number of nitrogens with zero attached hydrogens (tertiary/aromatic N) is 3. The van der Waals surface area contributed by atoms with Crippen LogP contribution in [0.5, 0.6) is 5.75 Å². The topological polar surface area (TPSA) is 69.0 Å². The van der Waals surface area contributed by atoms with Crippen molar-refractivity contribution in [2.75, 3.05) is 11.1 Å². The maximum absolute atomic E-state index is 12.0. The zero-order chi connectivity index (χ0) is 17.9. The number of pyridine rings is 1. The third-order valence-electron chi connectivity index (χ3n) is 4.16. The first-order chi connectivity index (χ1) is 12.7. The Hall–Kier alpha value is -2.80. The second-order valence-corrected chi connectivity index (χ2v) is 7.09. The van der Waals surface area contributed by atoms with E-state index in [0.29, 0.717) is 12.4 Å². The molecule has 1 N–H and O–H groups in total. The highest BCUT2D eigenvalue weighted by Gasteiger charge is 2.27. The summed E-state index contributed by atoms with van der Waals surface area (Å²) in [6, 6.07) is 13.7. The maximum atomic E-state index is 12.0. The molecule has 1 aliphatic rings. The van der Waals surface area contributed by atoms with Crippen molar-refractivity contribution >= 4 is 23.5 Å². The molecule has 0 aliphatic carbocycles. The van der Waals surface area contributed by atoms with Crippen LogP contribution in [0.2, 0.25) is 0 Å². The minimum absolute atomic E-state index is 0.00935. The molecule has 3 aromatic rings. The molecule has 0 radical (unpaired) electrons. The van der Waals surface area contributed by atoms with Crippen molar-refractivity contribution in [1.29, 1.82) is 0 Å². The first kappa shape index (κ1) is 16.7. The van der Waals surface area contributed by atoms with E-state index in [1.54, 1.807) is 22.6 Å². The molecule has 132 valence electrons. The number of hydrogen-bond acceptors (Lipinski definition) is 5. The van der Waals surface area contributed by atoms with E-state index < -0.39 is 0 Å². The lowest BCUT2D eigenvalue weighted by atomic mass is 10.1. The highest BCUT2D eigenvalue weighted by Crippen LogP contribution is 2.41. The van der Waals surface area contributed by atoms with Crippen LogP contribution in [0.1, 0.15) is 22.1 Å². The molecule has 0 spiro atoms. The second kappa shape index (κ2) is 7.21. The predicted octanol–water partition coefficient (Wildman–Crippen LogP) is 3.17. The van der Waals surface area contributed by atoms with Gasteiger partial charge in [0.15, 0.2) is 0 Å². The van der Waals surface area contributed by atoms with E-state index in [-0.39, 0.29) is 11.2 Å². The van der Waals surface area contributed by atoms with Gasteiger partial charge in [0.05, 0.1) is 22.9 Å². The number of ether oxygens (including phenoxy) is 1. The third kappa shape index (κ3) is 3.43. The summed E-state index contributed by atoms with van der Waals surface area (Å²) in [6.45, 7) is 0.417. The highest BCUT2D eigenvalue weighted by atomic mass is 32.2. The van der Waals surface area contributed by atoms with Crippen LogP contribution in [0.15, 0.2) is 54.9 Å². The molecular weight excluding hydrogens is 348 g/mol. The van der Waals surface area contributed by atoms with Crippen molar-refractivity contribution in [3.05, 3.63) is 71.7 Å². The maximum Gasteiger partial charge on any atom is 0.235 e. The summed E-state index contributed by atoms with van der Waals surface area (Å²) < 4.78 is 7.60. The van der Waals surface area contributed by atoms with Crippen molar-refractivity contribution in [1.82, 2.24) is 14.8 Å². The molecule has 0 saturated heterocycles. The standard InChI is InChI=1S/C19H18N4O2S/c1-23-19-16(10-21-23)18(26-12-17(24)22-19)13-5-4-7-15(9-13)25-11-14-6-2-3-8-20-14/h2-10,18H,11-12H2,1H3,(H,22,24)/t18-/m0/s1. The number of nitrogens with one attached hydrogen (secondary N) is 1. The Bertz CT molecular complexity index is 926. The van der Waals surface area contributed by atoms with Gasteiger partial charge in [0.2, 0.25) is 5.91 Å². The van der Waals surface area contributed by atoms with Crippen LogP contribution >= 0.6 is 11.8 Å². The Morgan fingerprint density at radius 3 is 3.08 bits per heavy atom. The molecule has 1 atom stereocenters. The number of hydrogen-bond donors (Lipinski definition) is 1. The molecule has 2 aromatic heterocycles. The zero-order valence-corrected chi connectivity index (χ0v) is 15.1. The fraction of sp³-hybridized carbons (Fsp3) is 0.211. The predicted molar refractivity (Wildman–Crippen MR) is 101 cm³/mol. The Balaban J connectivity index is 1.59. The molecule has 0 saturated carbocycles. The van der Waals surface area contributed by atoms with E-state index in [1.807, 2.05) is 49.6 Å². The van der Waals surface area contributed by atoms with Crippen molar-refractivity contribution in [2.45, 2.75) is 11.9 Å². The van der Waals surface area contributed by atoms with Crippen molar-refractivity contribution in [3.63, 3.8) is 0 Å². The van der Waals surface area contributed by atoms with Crippen LogP contribution in [-0.4, -0.2) is 26.4 Å². The van der Waals surface area contributed by atoms with E-state index in [9.17, 15) is 4.79 Å². The summed E-state index contributed by atoms with van der Waals surface area (Å²) in [5.74, 6) is 1.93. The van der Waals surface area contributed by atoms with Gasteiger partial charge in [-0.05, 0) is 29.8 Å². The second-order valence-electron chi connectivity index (χ2n) is 5.99. The van der Waals surface area contributed by atoms with Crippen molar-refractivity contribution < 1.29 is 9.53 Å². The average Bonchev–Trinajstić information content (AvgIpc) is 2.92. The zero-order valence-electron chi connectivity index (χ0n) is 14.3. The van der Waals surface area contributed by atoms with Gasteiger partial charge in [0.1, 0.15) is 18.2 Å². The van der Waals surface area contributed by atoms with Crippen molar-refractivity contribution in [2.24, 2.45) is 7.05 Å². The summed E-state index contributed by atoms with van der Waals surface area (Å²) in [5, 5.41) is 7.25. The molecule has 1 amide bonds. The molecule has 3 heterocycles. The Morgan fingerprint density at radius 2 is 2.23 bits per heavy atom. The van der Waals surface area contributed by atoms with Crippen LogP contribution in [0.25, 0.3) is 0 Å². The largest absolute Gasteiger partial charge is 0.487 e. The van der Waals surface area contributed by atoms with Crippen LogP contribution in [0, 0.1) is 0 Å². The number of carbonyl (C=O) groups excluding carboxylic acids is 1. The summed E-state index contributed by atoms with van der Waals surface area (Å²) in [6.07, 6.45) is 3.57. The van der Waals surface area contributed by atoms with Gasteiger partial charge in [-0.3, -0.25) is 14.5 Å². The van der Waals surface area contributed by atoms with Crippen LogP contribution < -0.4 is 10.1 Å². The molecule has 6 nitrogen and oxygen atoms in total. The van der Waals surface area contributed by atoms with Gasteiger partial charge in [0.25, 0.3) is 0 Å². The number of aryl methyl sites for hydroxylation is 1. The molecule has 1 aliphatic heterocycles. The Labute approximate surface area is 155 Å². The van der Waals surface area contributed by atoms with Crippen LogP contribution in [-0.2, 0) is 18.4 Å². The highest BCUT2D eigenvalue weighted by molar-refractivity contribution is 8.00. The van der Waals surface area contributed by atoms with Gasteiger partial charge >= 0.3 is 0 Å². The van der Waals surface area contributed by atoms with E-state index in [4.69, 9.17) is 4.74 Å². The minimum atomic E-state index is -0.00935. The number of rotatable bonds is 4. The number of thioether (sulfide) groups is 1. The first-order valence-electron chi connectivity index (χ1n) is 8.27. The van der Waals surface area contributed by atoms with Gasteiger partial charge in [-0.25, -0.2) is 0 Å². The van der Waals surface area contributed by atoms with E-state index in [0.717, 1.165) is 28.4 Å². The number of carbonyl (C=O) groups is 1. The SMILES string of the molecule is Cn1ncc2c1NC(=O)CS[C@H]2c1cccc(OCc2ccccn2)c1. The van der Waals surface area contributed by atoms with Gasteiger partial charge in [0, 0.05) is 18.8 Å². The van der Waals surface area contributed by atoms with E-state index in [2.05, 4.69) is 21.5 Å². The number of anilines is 1. The fourth-order valence-electron chi connectivity index (χ4n) is 2.90. The summed E-state index contributed by atoms with van der Waals surface area (Å²) in [4.78, 5) is 16.3. The number of aromatic nitrogens is 3. The summed E-state index contributed by atoms with van der Waals surface area (Å²) in [5.41, 5.74) is 2.97. The van der Waals surface area contributed by atoms with Gasteiger partial charge in [-0.15, -0.1) is 11.8 Å². The van der Waals surface area contributed by atoms with Crippen molar-refractivity contribution in [3.8, 4) is 5.75 Å². The summed E-state index contributed by atoms with van der Waals surface area (Å²) >= 11 is 1.59. The van der Waals surface area contributed by atoms with Gasteiger partial charge in [-0.2, -0.15) is 5.10 Å². The minimum Gasteiger partial charge on any atom is -0.487 e. The van der Waals surface area contributed by atoms with Gasteiger partial charge in [-0.1, -0.05) is 18.2 Å². The third-order valence-corrected chi connectivity index (χ3v) is 5.45. The molecule has 0 unspecified atom stereocenters. The van der Waals surface area contributed by atoms with E-state index in [1.165, 1.54) is 0 Å². The molecule has 0 bridgehead atoms. The molecule has 7 heteroatoms. The quantitative estimate of drug-likeness (QED) is 0.768. The lowest BCUT2D eigenvalue weighted by Crippen LogP contribution is -2.15. The molecule has 26 heavy (non-hydrogen) atoms. The number of amides is 1. The Morgan fingerprint density at radius 1 is 1.31 bits per heavy atom. The normalized spacial score (nSPS) is 16.5. The summed E-state index contributed by atoms with van der Waals surface area (Å²) in [7, 11) is 1.83. The van der Waals surface area contributed by atoms with Crippen LogP contribution in [0.4, 0.5) is 5.82 Å². The van der Waals surface area contributed by atoms with Gasteiger partial charge < -0.3 is 10.1 Å². The number of benzene rings is 1. The fourth-order valence-corrected chi connectivity index (χ4v) is 3.98. The average molecular weight is 366 g/mol. The van der Waals surface area contributed by atoms with Crippen LogP contribution in [0.3, 0.4) is 0 Å². The number of fused-ring (bicyclic) bond motifs is 1. The lowest BCUT2D eigenvalue weighted by molar-refractivity contribution is -0.113.